The monoisotopic (exact) mass is 636 g/mol. The number of carbonyl (C=O) groups is 1. The molecule has 1 heterocycles. The van der Waals surface area contributed by atoms with Crippen LogP contribution in [0.15, 0.2) is 91.5 Å². The van der Waals surface area contributed by atoms with Crippen LogP contribution in [-0.4, -0.2) is 31.7 Å². The summed E-state index contributed by atoms with van der Waals surface area (Å²) < 4.78 is 28.9. The molecule has 5 nitrogen and oxygen atoms in total. The zero-order chi connectivity index (χ0) is 25.0. The normalized spacial score (nSPS) is 16.1. The number of rotatable bonds is 7. The molecule has 1 aliphatic rings. The first-order valence-electron chi connectivity index (χ1n) is 11.3. The van der Waals surface area contributed by atoms with Crippen LogP contribution in [-0.2, 0) is 14.8 Å². The Balaban J connectivity index is 1.32. The number of sulfonamides is 1. The van der Waals surface area contributed by atoms with Gasteiger partial charge in [0.25, 0.3) is 0 Å². The van der Waals surface area contributed by atoms with Crippen molar-refractivity contribution in [1.29, 1.82) is 0 Å². The molecule has 1 fully saturated rings. The molecule has 1 aliphatic heterocycles. The second-order valence-corrected chi connectivity index (χ2v) is 13.5. The van der Waals surface area contributed by atoms with Gasteiger partial charge in [0.1, 0.15) is 0 Å². The van der Waals surface area contributed by atoms with E-state index in [-0.39, 0.29) is 16.7 Å². The number of hydrogen-bond acceptors (Lipinski definition) is 4. The van der Waals surface area contributed by atoms with Crippen molar-refractivity contribution in [3.05, 3.63) is 87.3 Å². The van der Waals surface area contributed by atoms with Crippen LogP contribution >= 0.6 is 43.6 Å². The molecule has 0 aromatic heterocycles. The number of amides is 1. The van der Waals surface area contributed by atoms with Crippen molar-refractivity contribution in [3.63, 3.8) is 0 Å². The van der Waals surface area contributed by atoms with Gasteiger partial charge < -0.3 is 5.32 Å². The molecule has 1 N–H and O–H groups in total. The van der Waals surface area contributed by atoms with Crippen molar-refractivity contribution >= 4 is 65.2 Å². The number of carbonyl (C=O) groups excluding carboxylic acids is 1. The van der Waals surface area contributed by atoms with Gasteiger partial charge in [0, 0.05) is 43.8 Å². The number of halogens is 2. The Kier molecular flexibility index (Phi) is 8.76. The molecule has 0 spiro atoms. The summed E-state index contributed by atoms with van der Waals surface area (Å²) >= 11 is 8.48. The highest BCUT2D eigenvalue weighted by Gasteiger charge is 2.33. The minimum atomic E-state index is -3.64. The molecule has 3 aromatic carbocycles. The molecule has 1 atom stereocenters. The molecule has 35 heavy (non-hydrogen) atoms. The molecule has 1 saturated heterocycles. The zero-order valence-electron chi connectivity index (χ0n) is 19.2. The third kappa shape index (κ3) is 6.57. The molecule has 1 unspecified atom stereocenters. The van der Waals surface area contributed by atoms with Gasteiger partial charge in [-0.3, -0.25) is 4.79 Å². The third-order valence-corrected chi connectivity index (χ3v) is 10.6. The predicted octanol–water partition coefficient (Wildman–Crippen LogP) is 7.10. The van der Waals surface area contributed by atoms with Crippen LogP contribution in [0.1, 0.15) is 30.6 Å². The summed E-state index contributed by atoms with van der Waals surface area (Å²) in [5.74, 6) is -0.287. The van der Waals surface area contributed by atoms with Crippen LogP contribution in [0.3, 0.4) is 0 Å². The van der Waals surface area contributed by atoms with Gasteiger partial charge >= 0.3 is 0 Å². The summed E-state index contributed by atoms with van der Waals surface area (Å²) in [4.78, 5) is 14.3. The minimum absolute atomic E-state index is 0.0647. The molecule has 0 aliphatic carbocycles. The number of nitrogens with one attached hydrogen (secondary N) is 1. The lowest BCUT2D eigenvalue weighted by atomic mass is 9.97. The van der Waals surface area contributed by atoms with Gasteiger partial charge in [-0.2, -0.15) is 4.31 Å². The van der Waals surface area contributed by atoms with Crippen LogP contribution in [0.4, 0.5) is 5.69 Å². The van der Waals surface area contributed by atoms with Gasteiger partial charge in [0.05, 0.1) is 4.90 Å². The average molecular weight is 638 g/mol. The third-order valence-electron chi connectivity index (χ3n) is 6.04. The van der Waals surface area contributed by atoms with Crippen molar-refractivity contribution in [2.75, 3.05) is 18.4 Å². The number of anilines is 1. The van der Waals surface area contributed by atoms with Gasteiger partial charge in [-0.05, 0) is 83.7 Å². The van der Waals surface area contributed by atoms with Crippen molar-refractivity contribution in [2.24, 2.45) is 5.92 Å². The van der Waals surface area contributed by atoms with E-state index in [0.717, 1.165) is 5.69 Å². The smallest absolute Gasteiger partial charge is 0.244 e. The fourth-order valence-corrected chi connectivity index (χ4v) is 7.97. The quantitative estimate of drug-likeness (QED) is 0.281. The van der Waals surface area contributed by atoms with E-state index < -0.39 is 10.0 Å². The number of nitrogens with zero attached hydrogens (tertiary/aromatic N) is 1. The summed E-state index contributed by atoms with van der Waals surface area (Å²) in [6, 6.07) is 23.3. The predicted molar refractivity (Wildman–Crippen MR) is 149 cm³/mol. The fraction of sp³-hybridized carbons (Fsp3) is 0.269. The maximum Gasteiger partial charge on any atom is 0.244 e. The molecule has 1 amide bonds. The average Bonchev–Trinajstić information content (AvgIpc) is 2.86. The number of thioether (sulfide) groups is 1. The second kappa shape index (κ2) is 11.6. The van der Waals surface area contributed by atoms with E-state index >= 15 is 0 Å². The summed E-state index contributed by atoms with van der Waals surface area (Å²) in [7, 11) is -3.64. The molecule has 9 heteroatoms. The maximum absolute atomic E-state index is 13.1. The van der Waals surface area contributed by atoms with Gasteiger partial charge in [0.2, 0.25) is 15.9 Å². The topological polar surface area (TPSA) is 66.5 Å². The van der Waals surface area contributed by atoms with Crippen molar-refractivity contribution in [1.82, 2.24) is 4.31 Å². The largest absolute Gasteiger partial charge is 0.326 e. The number of benzene rings is 3. The Morgan fingerprint density at radius 1 is 1.00 bits per heavy atom. The lowest BCUT2D eigenvalue weighted by molar-refractivity contribution is -0.120. The highest BCUT2D eigenvalue weighted by Crippen LogP contribution is 2.35. The van der Waals surface area contributed by atoms with Gasteiger partial charge in [-0.25, -0.2) is 8.42 Å². The van der Waals surface area contributed by atoms with E-state index in [1.54, 1.807) is 30.0 Å². The van der Waals surface area contributed by atoms with Gasteiger partial charge in [-0.1, -0.05) is 46.3 Å². The second-order valence-electron chi connectivity index (χ2n) is 8.44. The van der Waals surface area contributed by atoms with E-state index in [4.69, 9.17) is 0 Å². The van der Waals surface area contributed by atoms with Crippen molar-refractivity contribution < 1.29 is 13.2 Å². The first-order valence-corrected chi connectivity index (χ1v) is 15.2. The first-order chi connectivity index (χ1) is 16.7. The molecule has 3 aromatic rings. The fourth-order valence-electron chi connectivity index (χ4n) is 4.03. The number of piperidine rings is 1. The first kappa shape index (κ1) is 26.4. The van der Waals surface area contributed by atoms with Crippen LogP contribution in [0.5, 0.6) is 0 Å². The van der Waals surface area contributed by atoms with Crippen molar-refractivity contribution in [3.8, 4) is 0 Å². The molecule has 0 radical (unpaired) electrons. The van der Waals surface area contributed by atoms with E-state index in [1.807, 2.05) is 42.5 Å². The molecular weight excluding hydrogens is 612 g/mol. The van der Waals surface area contributed by atoms with Gasteiger partial charge in [0.15, 0.2) is 0 Å². The summed E-state index contributed by atoms with van der Waals surface area (Å²) in [6.45, 7) is 2.79. The summed E-state index contributed by atoms with van der Waals surface area (Å²) in [6.07, 6.45) is 0.971. The Labute approximate surface area is 228 Å². The number of hydrogen-bond donors (Lipinski definition) is 1. The van der Waals surface area contributed by atoms with Crippen LogP contribution < -0.4 is 5.32 Å². The van der Waals surface area contributed by atoms with Crippen LogP contribution in [0.25, 0.3) is 0 Å². The van der Waals surface area contributed by atoms with Crippen molar-refractivity contribution in [2.45, 2.75) is 34.8 Å². The minimum Gasteiger partial charge on any atom is -0.326 e. The highest BCUT2D eigenvalue weighted by molar-refractivity contribution is 9.11. The zero-order valence-corrected chi connectivity index (χ0v) is 24.0. The summed E-state index contributed by atoms with van der Waals surface area (Å²) in [5.41, 5.74) is 1.94. The SMILES string of the molecule is CC(Sc1ccccc1)c1ccc(NC(=O)C2CCN(S(=O)(=O)c3cc(Br)ccc3Br)CC2)cc1. The van der Waals surface area contributed by atoms with E-state index in [2.05, 4.69) is 56.2 Å². The maximum atomic E-state index is 13.1. The highest BCUT2D eigenvalue weighted by atomic mass is 79.9. The van der Waals surface area contributed by atoms with E-state index in [0.29, 0.717) is 40.1 Å². The molecule has 0 bridgehead atoms. The van der Waals surface area contributed by atoms with E-state index in [9.17, 15) is 13.2 Å². The lowest BCUT2D eigenvalue weighted by Gasteiger charge is -2.30. The Morgan fingerprint density at radius 2 is 1.66 bits per heavy atom. The molecule has 0 saturated carbocycles. The standard InChI is InChI=1S/C26H26Br2N2O3S2/c1-18(34-23-5-3-2-4-6-23)19-7-10-22(11-8-19)29-26(31)20-13-15-30(16-14-20)35(32,33)25-17-21(27)9-12-24(25)28/h2-12,17-18,20H,13-16H2,1H3,(H,29,31). The van der Waals surface area contributed by atoms with Gasteiger partial charge in [-0.15, -0.1) is 11.8 Å². The molecule has 184 valence electrons. The van der Waals surface area contributed by atoms with Crippen LogP contribution in [0, 0.1) is 5.92 Å². The van der Waals surface area contributed by atoms with Crippen LogP contribution in [0.2, 0.25) is 0 Å². The summed E-state index contributed by atoms with van der Waals surface area (Å²) in [5, 5.41) is 3.29. The Bertz CT molecular complexity index is 1280. The Hall–Kier alpha value is -1.65. The molecule has 4 rings (SSSR count). The van der Waals surface area contributed by atoms with E-state index in [1.165, 1.54) is 14.8 Å². The Morgan fingerprint density at radius 3 is 2.31 bits per heavy atom. The lowest BCUT2D eigenvalue weighted by Crippen LogP contribution is -2.41. The molecular formula is C26H26Br2N2O3S2.